The van der Waals surface area contributed by atoms with Gasteiger partial charge in [-0.05, 0) is 44.4 Å². The summed E-state index contributed by atoms with van der Waals surface area (Å²) in [5, 5.41) is 10.8. The summed E-state index contributed by atoms with van der Waals surface area (Å²) in [6, 6.07) is 7.68. The maximum Gasteiger partial charge on any atom is 0.309 e. The quantitative estimate of drug-likeness (QED) is 0.618. The molecule has 1 aromatic rings. The molecule has 110 valence electrons. The Morgan fingerprint density at radius 1 is 1.40 bits per heavy atom. The number of halogens is 1. The van der Waals surface area contributed by atoms with Crippen LogP contribution in [0.1, 0.15) is 32.3 Å². The van der Waals surface area contributed by atoms with Gasteiger partial charge in [-0.15, -0.1) is 0 Å². The van der Waals surface area contributed by atoms with Crippen molar-refractivity contribution in [2.24, 2.45) is 0 Å². The third-order valence-electron chi connectivity index (χ3n) is 2.80. The van der Waals surface area contributed by atoms with Gasteiger partial charge in [0, 0.05) is 5.02 Å². The maximum atomic E-state index is 11.3. The molecule has 0 aliphatic rings. The number of aliphatic hydroxyl groups is 1. The van der Waals surface area contributed by atoms with Crippen molar-refractivity contribution < 1.29 is 14.6 Å². The molecule has 0 saturated heterocycles. The van der Waals surface area contributed by atoms with Gasteiger partial charge in [-0.1, -0.05) is 35.9 Å². The molecule has 1 aromatic carbocycles. The number of aryl methyl sites for hydroxylation is 1. The number of esters is 1. The van der Waals surface area contributed by atoms with Crippen LogP contribution in [-0.2, 0) is 16.0 Å². The number of hydrogen-bond acceptors (Lipinski definition) is 3. The van der Waals surface area contributed by atoms with Gasteiger partial charge in [0.05, 0.1) is 18.6 Å². The minimum Gasteiger partial charge on any atom is -0.466 e. The molecular weight excluding hydrogens is 276 g/mol. The van der Waals surface area contributed by atoms with Crippen molar-refractivity contribution in [1.29, 1.82) is 0 Å². The summed E-state index contributed by atoms with van der Waals surface area (Å²) in [7, 11) is 0. The molecule has 1 unspecified atom stereocenters. The molecule has 1 rings (SSSR count). The minimum absolute atomic E-state index is 0.0295. The van der Waals surface area contributed by atoms with Crippen molar-refractivity contribution in [3.63, 3.8) is 0 Å². The average molecular weight is 297 g/mol. The Morgan fingerprint density at radius 2 is 2.05 bits per heavy atom. The fourth-order valence-corrected chi connectivity index (χ4v) is 1.93. The Kier molecular flexibility index (Phi) is 6.76. The van der Waals surface area contributed by atoms with E-state index in [1.54, 1.807) is 19.9 Å². The van der Waals surface area contributed by atoms with E-state index in [0.29, 0.717) is 6.61 Å². The first kappa shape index (κ1) is 16.7. The molecule has 0 bridgehead atoms. The third-order valence-corrected chi connectivity index (χ3v) is 3.05. The SMILES string of the molecule is CCOC(=O)CC(C)(O)C=CCCc1ccc(Cl)cc1. The number of rotatable bonds is 7. The number of benzene rings is 1. The largest absolute Gasteiger partial charge is 0.466 e. The van der Waals surface area contributed by atoms with E-state index < -0.39 is 5.60 Å². The molecule has 20 heavy (non-hydrogen) atoms. The number of carbonyl (C=O) groups excluding carboxylic acids is 1. The van der Waals surface area contributed by atoms with E-state index in [2.05, 4.69) is 0 Å². The Balaban J connectivity index is 2.39. The first-order chi connectivity index (χ1) is 9.43. The number of ether oxygens (including phenoxy) is 1. The molecule has 0 heterocycles. The summed E-state index contributed by atoms with van der Waals surface area (Å²) in [6.45, 7) is 3.67. The summed E-state index contributed by atoms with van der Waals surface area (Å²) >= 11 is 5.82. The minimum atomic E-state index is -1.16. The van der Waals surface area contributed by atoms with Crippen LogP contribution in [-0.4, -0.2) is 23.3 Å². The van der Waals surface area contributed by atoms with Crippen LogP contribution in [0.2, 0.25) is 5.02 Å². The van der Waals surface area contributed by atoms with Crippen LogP contribution in [0.15, 0.2) is 36.4 Å². The highest BCUT2D eigenvalue weighted by molar-refractivity contribution is 6.30. The van der Waals surface area contributed by atoms with E-state index in [1.165, 1.54) is 5.56 Å². The molecule has 0 radical (unpaired) electrons. The van der Waals surface area contributed by atoms with E-state index in [1.807, 2.05) is 30.3 Å². The van der Waals surface area contributed by atoms with Crippen LogP contribution in [0.5, 0.6) is 0 Å². The lowest BCUT2D eigenvalue weighted by atomic mass is 10.0. The van der Waals surface area contributed by atoms with Crippen molar-refractivity contribution in [3.05, 3.63) is 47.0 Å². The van der Waals surface area contributed by atoms with Gasteiger partial charge in [0.15, 0.2) is 0 Å². The Labute approximate surface area is 125 Å². The van der Waals surface area contributed by atoms with Crippen LogP contribution in [0, 0.1) is 0 Å². The van der Waals surface area contributed by atoms with Crippen LogP contribution in [0.4, 0.5) is 0 Å². The van der Waals surface area contributed by atoms with E-state index in [0.717, 1.165) is 17.9 Å². The van der Waals surface area contributed by atoms with Gasteiger partial charge >= 0.3 is 5.97 Å². The van der Waals surface area contributed by atoms with Crippen LogP contribution >= 0.6 is 11.6 Å². The lowest BCUT2D eigenvalue weighted by Crippen LogP contribution is -2.26. The van der Waals surface area contributed by atoms with Crippen LogP contribution in [0.3, 0.4) is 0 Å². The summed E-state index contributed by atoms with van der Waals surface area (Å²) in [6.07, 6.45) is 5.16. The Bertz CT molecular complexity index is 449. The van der Waals surface area contributed by atoms with Gasteiger partial charge in [0.1, 0.15) is 0 Å². The second kappa shape index (κ2) is 8.08. The Morgan fingerprint density at radius 3 is 2.65 bits per heavy atom. The van der Waals surface area contributed by atoms with E-state index in [9.17, 15) is 9.90 Å². The summed E-state index contributed by atoms with van der Waals surface area (Å²) in [5.41, 5.74) is 0.0239. The fraction of sp³-hybridized carbons (Fsp3) is 0.438. The second-order valence-corrected chi connectivity index (χ2v) is 5.34. The van der Waals surface area contributed by atoms with Gasteiger partial charge in [-0.2, -0.15) is 0 Å². The number of allylic oxidation sites excluding steroid dienone is 1. The predicted molar refractivity (Wildman–Crippen MR) is 80.8 cm³/mol. The molecule has 0 amide bonds. The molecule has 0 aliphatic carbocycles. The highest BCUT2D eigenvalue weighted by Crippen LogP contribution is 2.14. The first-order valence-corrected chi connectivity index (χ1v) is 7.11. The molecule has 0 aromatic heterocycles. The second-order valence-electron chi connectivity index (χ2n) is 4.91. The number of carbonyl (C=O) groups is 1. The van der Waals surface area contributed by atoms with Gasteiger partial charge in [-0.25, -0.2) is 0 Å². The smallest absolute Gasteiger partial charge is 0.309 e. The van der Waals surface area contributed by atoms with E-state index >= 15 is 0 Å². The van der Waals surface area contributed by atoms with Gasteiger partial charge in [-0.3, -0.25) is 4.79 Å². The third kappa shape index (κ3) is 6.73. The van der Waals surface area contributed by atoms with Gasteiger partial charge in [0.2, 0.25) is 0 Å². The molecule has 0 spiro atoms. The Hall–Kier alpha value is -1.32. The van der Waals surface area contributed by atoms with E-state index in [4.69, 9.17) is 16.3 Å². The molecular formula is C16H21ClO3. The zero-order chi connectivity index (χ0) is 15.0. The van der Waals surface area contributed by atoms with Crippen LogP contribution < -0.4 is 0 Å². The lowest BCUT2D eigenvalue weighted by Gasteiger charge is -2.17. The van der Waals surface area contributed by atoms with Crippen LogP contribution in [0.25, 0.3) is 0 Å². The van der Waals surface area contributed by atoms with Crippen molar-refractivity contribution in [2.45, 2.75) is 38.7 Å². The average Bonchev–Trinajstić information content (AvgIpc) is 2.36. The molecule has 0 fully saturated rings. The standard InChI is InChI=1S/C16H21ClO3/c1-3-20-15(18)12-16(2,19)11-5-4-6-13-7-9-14(17)10-8-13/h5,7-11,19H,3-4,6,12H2,1-2H3. The normalized spacial score (nSPS) is 14.2. The molecule has 1 atom stereocenters. The fourth-order valence-electron chi connectivity index (χ4n) is 1.80. The van der Waals surface area contributed by atoms with Crippen molar-refractivity contribution >= 4 is 17.6 Å². The molecule has 4 heteroatoms. The predicted octanol–water partition coefficient (Wildman–Crippen LogP) is 3.53. The molecule has 3 nitrogen and oxygen atoms in total. The molecule has 0 saturated carbocycles. The summed E-state index contributed by atoms with van der Waals surface area (Å²) < 4.78 is 4.82. The zero-order valence-corrected chi connectivity index (χ0v) is 12.7. The first-order valence-electron chi connectivity index (χ1n) is 6.73. The summed E-state index contributed by atoms with van der Waals surface area (Å²) in [5.74, 6) is -0.389. The molecule has 1 N–H and O–H groups in total. The molecule has 0 aliphatic heterocycles. The highest BCUT2D eigenvalue weighted by Gasteiger charge is 2.21. The summed E-state index contributed by atoms with van der Waals surface area (Å²) in [4.78, 5) is 11.3. The van der Waals surface area contributed by atoms with Crippen molar-refractivity contribution in [2.75, 3.05) is 6.61 Å². The topological polar surface area (TPSA) is 46.5 Å². The maximum absolute atomic E-state index is 11.3. The van der Waals surface area contributed by atoms with Crippen molar-refractivity contribution in [1.82, 2.24) is 0 Å². The lowest BCUT2D eigenvalue weighted by molar-refractivity contribution is -0.146. The highest BCUT2D eigenvalue weighted by atomic mass is 35.5. The van der Waals surface area contributed by atoms with Gasteiger partial charge < -0.3 is 9.84 Å². The van der Waals surface area contributed by atoms with Gasteiger partial charge in [0.25, 0.3) is 0 Å². The van der Waals surface area contributed by atoms with Crippen molar-refractivity contribution in [3.8, 4) is 0 Å². The van der Waals surface area contributed by atoms with E-state index in [-0.39, 0.29) is 12.4 Å². The zero-order valence-electron chi connectivity index (χ0n) is 11.9. The monoisotopic (exact) mass is 296 g/mol. The number of hydrogen-bond donors (Lipinski definition) is 1.